The van der Waals surface area contributed by atoms with Gasteiger partial charge in [0.1, 0.15) is 11.5 Å². The van der Waals surface area contributed by atoms with E-state index in [0.29, 0.717) is 6.54 Å². The summed E-state index contributed by atoms with van der Waals surface area (Å²) in [5.74, 6) is 2.59. The second kappa shape index (κ2) is 10.3. The van der Waals surface area contributed by atoms with Crippen molar-refractivity contribution in [1.29, 1.82) is 0 Å². The molecule has 0 aromatic heterocycles. The first-order chi connectivity index (χ1) is 12.7. The summed E-state index contributed by atoms with van der Waals surface area (Å²) in [6, 6.07) is 14.3. The highest BCUT2D eigenvalue weighted by Gasteiger charge is 2.03. The van der Waals surface area contributed by atoms with Crippen LogP contribution < -0.4 is 20.1 Å². The summed E-state index contributed by atoms with van der Waals surface area (Å²) in [6.07, 6.45) is 0.868. The molecule has 2 aromatic carbocycles. The number of ether oxygens (including phenoxy) is 2. The summed E-state index contributed by atoms with van der Waals surface area (Å²) >= 11 is 0. The zero-order valence-corrected chi connectivity index (χ0v) is 16.1. The fraction of sp³-hybridized carbons (Fsp3) is 0.381. The Morgan fingerprint density at radius 2 is 1.85 bits per heavy atom. The molecule has 0 aliphatic carbocycles. The van der Waals surface area contributed by atoms with Crippen molar-refractivity contribution >= 4 is 5.96 Å². The molecule has 5 heteroatoms. The van der Waals surface area contributed by atoms with Crippen molar-refractivity contribution in [3.63, 3.8) is 0 Å². The van der Waals surface area contributed by atoms with Crippen LogP contribution in [0.2, 0.25) is 0 Å². The van der Waals surface area contributed by atoms with E-state index in [2.05, 4.69) is 41.6 Å². The van der Waals surface area contributed by atoms with Crippen LogP contribution in [-0.4, -0.2) is 33.3 Å². The minimum absolute atomic E-state index is 0.599. The van der Waals surface area contributed by atoms with Crippen molar-refractivity contribution in [2.45, 2.75) is 26.8 Å². The van der Waals surface area contributed by atoms with Gasteiger partial charge in [0, 0.05) is 13.1 Å². The number of nitrogens with zero attached hydrogens (tertiary/aromatic N) is 1. The maximum absolute atomic E-state index is 5.40. The van der Waals surface area contributed by atoms with Crippen LogP contribution in [0.1, 0.15) is 23.6 Å². The lowest BCUT2D eigenvalue weighted by atomic mass is 10.1. The molecule has 0 aliphatic heterocycles. The Morgan fingerprint density at radius 1 is 1.04 bits per heavy atom. The van der Waals surface area contributed by atoms with Crippen molar-refractivity contribution in [3.8, 4) is 11.5 Å². The SMILES string of the molecule is CCNC(=NCc1cc(C)cc(OC)c1)NCCc1ccccc1OC. The number of rotatable bonds is 8. The Morgan fingerprint density at radius 3 is 2.58 bits per heavy atom. The standard InChI is InChI=1S/C21H29N3O2/c1-5-22-21(23-11-10-18-8-6-7-9-20(18)26-4)24-15-17-12-16(2)13-19(14-17)25-3/h6-9,12-14H,5,10-11,15H2,1-4H3,(H2,22,23,24). The van der Waals surface area contributed by atoms with Gasteiger partial charge in [0.15, 0.2) is 5.96 Å². The number of hydrogen-bond acceptors (Lipinski definition) is 3. The van der Waals surface area contributed by atoms with Crippen LogP contribution in [0, 0.1) is 6.92 Å². The normalized spacial score (nSPS) is 11.2. The van der Waals surface area contributed by atoms with E-state index in [9.17, 15) is 0 Å². The predicted octanol–water partition coefficient (Wildman–Crippen LogP) is 3.31. The van der Waals surface area contributed by atoms with Crippen LogP contribution in [0.5, 0.6) is 11.5 Å². The third-order valence-electron chi connectivity index (χ3n) is 3.99. The molecule has 0 saturated carbocycles. The minimum atomic E-state index is 0.599. The van der Waals surface area contributed by atoms with Crippen LogP contribution in [-0.2, 0) is 13.0 Å². The lowest BCUT2D eigenvalue weighted by molar-refractivity contribution is 0.409. The van der Waals surface area contributed by atoms with Gasteiger partial charge in [0.2, 0.25) is 0 Å². The third kappa shape index (κ3) is 5.99. The van der Waals surface area contributed by atoms with Gasteiger partial charge in [-0.05, 0) is 55.2 Å². The number of para-hydroxylation sites is 1. The first-order valence-corrected chi connectivity index (χ1v) is 8.95. The molecule has 0 saturated heterocycles. The molecule has 2 rings (SSSR count). The summed E-state index contributed by atoms with van der Waals surface area (Å²) in [5.41, 5.74) is 3.48. The fourth-order valence-electron chi connectivity index (χ4n) is 2.77. The Labute approximate surface area is 156 Å². The van der Waals surface area contributed by atoms with E-state index in [1.807, 2.05) is 30.3 Å². The molecule has 0 radical (unpaired) electrons. The number of nitrogens with one attached hydrogen (secondary N) is 2. The van der Waals surface area contributed by atoms with E-state index in [1.165, 1.54) is 11.1 Å². The summed E-state index contributed by atoms with van der Waals surface area (Å²) in [4.78, 5) is 4.68. The fourth-order valence-corrected chi connectivity index (χ4v) is 2.77. The molecule has 2 aromatic rings. The number of hydrogen-bond donors (Lipinski definition) is 2. The van der Waals surface area contributed by atoms with Crippen LogP contribution in [0.3, 0.4) is 0 Å². The smallest absolute Gasteiger partial charge is 0.191 e. The summed E-state index contributed by atoms with van der Waals surface area (Å²) in [6.45, 7) is 6.32. The molecule has 0 atom stereocenters. The maximum Gasteiger partial charge on any atom is 0.191 e. The van der Waals surface area contributed by atoms with Crippen LogP contribution in [0.25, 0.3) is 0 Å². The zero-order valence-electron chi connectivity index (χ0n) is 16.1. The average molecular weight is 355 g/mol. The van der Waals surface area contributed by atoms with Crippen LogP contribution in [0.4, 0.5) is 0 Å². The van der Waals surface area contributed by atoms with Crippen molar-refractivity contribution in [2.75, 3.05) is 27.3 Å². The largest absolute Gasteiger partial charge is 0.497 e. The maximum atomic E-state index is 5.40. The number of guanidine groups is 1. The summed E-state index contributed by atoms with van der Waals surface area (Å²) in [7, 11) is 3.39. The zero-order chi connectivity index (χ0) is 18.8. The molecule has 2 N–H and O–H groups in total. The van der Waals surface area contributed by atoms with Crippen molar-refractivity contribution in [2.24, 2.45) is 4.99 Å². The highest BCUT2D eigenvalue weighted by molar-refractivity contribution is 5.79. The molecule has 0 heterocycles. The molecule has 0 unspecified atom stereocenters. The van der Waals surface area contributed by atoms with E-state index < -0.39 is 0 Å². The topological polar surface area (TPSA) is 54.9 Å². The average Bonchev–Trinajstić information content (AvgIpc) is 2.66. The van der Waals surface area contributed by atoms with Crippen molar-refractivity contribution in [1.82, 2.24) is 10.6 Å². The first-order valence-electron chi connectivity index (χ1n) is 8.95. The third-order valence-corrected chi connectivity index (χ3v) is 3.99. The van der Waals surface area contributed by atoms with Gasteiger partial charge >= 0.3 is 0 Å². The van der Waals surface area contributed by atoms with E-state index in [0.717, 1.165) is 42.5 Å². The number of aryl methyl sites for hydroxylation is 1. The van der Waals surface area contributed by atoms with E-state index in [-0.39, 0.29) is 0 Å². The predicted molar refractivity (Wildman–Crippen MR) is 107 cm³/mol. The molecule has 0 bridgehead atoms. The van der Waals surface area contributed by atoms with Gasteiger partial charge in [-0.2, -0.15) is 0 Å². The molecule has 0 spiro atoms. The molecule has 0 aliphatic rings. The van der Waals surface area contributed by atoms with Gasteiger partial charge in [0.05, 0.1) is 20.8 Å². The second-order valence-electron chi connectivity index (χ2n) is 6.04. The van der Waals surface area contributed by atoms with Crippen LogP contribution >= 0.6 is 0 Å². The van der Waals surface area contributed by atoms with Gasteiger partial charge in [-0.15, -0.1) is 0 Å². The van der Waals surface area contributed by atoms with Gasteiger partial charge in [-0.25, -0.2) is 4.99 Å². The molecule has 0 amide bonds. The molecular formula is C21H29N3O2. The number of benzene rings is 2. The van der Waals surface area contributed by atoms with Crippen molar-refractivity contribution < 1.29 is 9.47 Å². The summed E-state index contributed by atoms with van der Waals surface area (Å²) in [5, 5.41) is 6.67. The monoisotopic (exact) mass is 355 g/mol. The van der Waals surface area contributed by atoms with Gasteiger partial charge in [-0.1, -0.05) is 24.3 Å². The molecular weight excluding hydrogens is 326 g/mol. The Kier molecular flexibility index (Phi) is 7.80. The highest BCUT2D eigenvalue weighted by Crippen LogP contribution is 2.18. The lowest BCUT2D eigenvalue weighted by Crippen LogP contribution is -2.38. The Balaban J connectivity index is 1.97. The Hall–Kier alpha value is -2.69. The van der Waals surface area contributed by atoms with Gasteiger partial charge < -0.3 is 20.1 Å². The minimum Gasteiger partial charge on any atom is -0.497 e. The van der Waals surface area contributed by atoms with E-state index in [4.69, 9.17) is 9.47 Å². The Bertz CT molecular complexity index is 729. The summed E-state index contributed by atoms with van der Waals surface area (Å²) < 4.78 is 10.7. The van der Waals surface area contributed by atoms with Crippen molar-refractivity contribution in [3.05, 3.63) is 59.2 Å². The quantitative estimate of drug-likeness (QED) is 0.563. The van der Waals surface area contributed by atoms with E-state index >= 15 is 0 Å². The number of methoxy groups -OCH3 is 2. The molecule has 140 valence electrons. The molecule has 0 fully saturated rings. The van der Waals surface area contributed by atoms with Gasteiger partial charge in [-0.3, -0.25) is 0 Å². The number of aliphatic imine (C=N–C) groups is 1. The molecule has 5 nitrogen and oxygen atoms in total. The van der Waals surface area contributed by atoms with Gasteiger partial charge in [0.25, 0.3) is 0 Å². The second-order valence-corrected chi connectivity index (χ2v) is 6.04. The highest BCUT2D eigenvalue weighted by atomic mass is 16.5. The lowest BCUT2D eigenvalue weighted by Gasteiger charge is -2.13. The van der Waals surface area contributed by atoms with Crippen LogP contribution in [0.15, 0.2) is 47.5 Å². The van der Waals surface area contributed by atoms with E-state index in [1.54, 1.807) is 14.2 Å². The first kappa shape index (κ1) is 19.6. The molecule has 26 heavy (non-hydrogen) atoms.